The highest BCUT2D eigenvalue weighted by atomic mass is 16.3. The van der Waals surface area contributed by atoms with Gasteiger partial charge < -0.3 is 18.2 Å². The molecule has 5 heteroatoms. The van der Waals surface area contributed by atoms with E-state index in [9.17, 15) is 0 Å². The van der Waals surface area contributed by atoms with Crippen molar-refractivity contribution in [1.29, 1.82) is 0 Å². The summed E-state index contributed by atoms with van der Waals surface area (Å²) in [6.07, 6.45) is 0. The van der Waals surface area contributed by atoms with Gasteiger partial charge in [-0.1, -0.05) is 141 Å². The van der Waals surface area contributed by atoms with E-state index in [2.05, 4.69) is 205 Å². The second kappa shape index (κ2) is 12.1. The molecule has 5 heterocycles. The molecule has 0 radical (unpaired) electrons. The maximum atomic E-state index is 7.23. The van der Waals surface area contributed by atoms with Crippen molar-refractivity contribution in [1.82, 2.24) is 4.57 Å². The number of benzene rings is 7. The van der Waals surface area contributed by atoms with E-state index < -0.39 is 0 Å². The first kappa shape index (κ1) is 36.4. The van der Waals surface area contributed by atoms with Crippen LogP contribution in [0.25, 0.3) is 82.9 Å². The number of para-hydroxylation sites is 1. The molecule has 0 N–H and O–H groups in total. The van der Waals surface area contributed by atoms with Crippen LogP contribution in [0.1, 0.15) is 79.0 Å². The van der Waals surface area contributed by atoms with Crippen molar-refractivity contribution < 1.29 is 8.83 Å². The van der Waals surface area contributed by atoms with Gasteiger partial charge in [0.25, 0.3) is 0 Å². The molecule has 0 amide bonds. The van der Waals surface area contributed by atoms with Gasteiger partial charge in [0.2, 0.25) is 0 Å². The van der Waals surface area contributed by atoms with Crippen LogP contribution in [-0.2, 0) is 16.2 Å². The Morgan fingerprint density at radius 2 is 1.20 bits per heavy atom. The normalized spacial score (nSPS) is 13.9. The van der Waals surface area contributed by atoms with Gasteiger partial charge in [-0.05, 0) is 92.4 Å². The van der Waals surface area contributed by atoms with Crippen LogP contribution in [0.2, 0.25) is 0 Å². The number of fused-ring (bicyclic) bond motifs is 14. The van der Waals surface area contributed by atoms with Crippen LogP contribution in [0.15, 0.2) is 142 Å². The fourth-order valence-corrected chi connectivity index (χ4v) is 10.4. The third kappa shape index (κ3) is 5.13. The number of anilines is 2. The summed E-state index contributed by atoms with van der Waals surface area (Å²) in [6.45, 7) is 20.6. The fourth-order valence-electron chi connectivity index (χ4n) is 10.4. The molecule has 298 valence electrons. The highest BCUT2D eigenvalue weighted by molar-refractivity contribution is 6.94. The highest BCUT2D eigenvalue weighted by Crippen LogP contribution is 2.52. The van der Waals surface area contributed by atoms with E-state index in [1.54, 1.807) is 0 Å². The summed E-state index contributed by atoms with van der Waals surface area (Å²) in [5.41, 5.74) is 18.5. The molecule has 0 fully saturated rings. The van der Waals surface area contributed by atoms with Crippen LogP contribution < -0.4 is 15.7 Å². The first-order valence-corrected chi connectivity index (χ1v) is 21.8. The maximum Gasteiger partial charge on any atom is 0.333 e. The standard InChI is InChI=1S/C56H49BN2O2/c1-54(2,3)34-19-23-37(24-20-34)59-43-26-22-36(56(7,8)9)30-40(43)50-51-52-48(49-38-17-13-14-18-45(38)61-53(49)50)39-29-35(55(4,5)6)21-25-42(39)58(52)44-31-47-33(27-41(44)57(51)59)28-46(60-47)32-15-11-10-12-16-32/h10-31H,1-9H3. The molecular formula is C56H49BN2O2. The summed E-state index contributed by atoms with van der Waals surface area (Å²) in [4.78, 5) is 2.62. The summed E-state index contributed by atoms with van der Waals surface area (Å²) in [5, 5.41) is 5.91. The van der Waals surface area contributed by atoms with Crippen molar-refractivity contribution in [3.63, 3.8) is 0 Å². The first-order chi connectivity index (χ1) is 29.1. The van der Waals surface area contributed by atoms with Crippen molar-refractivity contribution in [2.75, 3.05) is 4.81 Å². The third-order valence-corrected chi connectivity index (χ3v) is 13.6. The van der Waals surface area contributed by atoms with Crippen molar-refractivity contribution in [3.05, 3.63) is 150 Å². The summed E-state index contributed by atoms with van der Waals surface area (Å²) < 4.78 is 16.6. The Morgan fingerprint density at radius 1 is 0.525 bits per heavy atom. The van der Waals surface area contributed by atoms with Gasteiger partial charge >= 0.3 is 6.85 Å². The van der Waals surface area contributed by atoms with Crippen molar-refractivity contribution in [3.8, 4) is 28.1 Å². The summed E-state index contributed by atoms with van der Waals surface area (Å²) in [7, 11) is 0. The van der Waals surface area contributed by atoms with E-state index in [1.165, 1.54) is 71.6 Å². The maximum absolute atomic E-state index is 7.23. The average molecular weight is 793 g/mol. The second-order valence-electron chi connectivity index (χ2n) is 20.6. The lowest BCUT2D eigenvalue weighted by atomic mass is 9.43. The van der Waals surface area contributed by atoms with E-state index in [0.717, 1.165) is 50.2 Å². The molecule has 0 saturated carbocycles. The minimum Gasteiger partial charge on any atom is -0.456 e. The average Bonchev–Trinajstić information content (AvgIpc) is 3.93. The fraction of sp³-hybridized carbons (Fsp3) is 0.214. The van der Waals surface area contributed by atoms with Crippen LogP contribution in [0, 0.1) is 0 Å². The van der Waals surface area contributed by atoms with Crippen LogP contribution in [0.4, 0.5) is 11.4 Å². The molecule has 2 aliphatic rings. The molecule has 3 aromatic heterocycles. The summed E-state index contributed by atoms with van der Waals surface area (Å²) >= 11 is 0. The Hall–Kier alpha value is -6.46. The molecule has 0 bridgehead atoms. The van der Waals surface area contributed by atoms with E-state index >= 15 is 0 Å². The molecule has 0 saturated heterocycles. The monoisotopic (exact) mass is 792 g/mol. The van der Waals surface area contributed by atoms with Gasteiger partial charge in [0, 0.05) is 66.8 Å². The van der Waals surface area contributed by atoms with Crippen molar-refractivity contribution in [2.24, 2.45) is 0 Å². The van der Waals surface area contributed by atoms with E-state index in [0.29, 0.717) is 0 Å². The lowest BCUT2D eigenvalue weighted by Crippen LogP contribution is -2.60. The van der Waals surface area contributed by atoms with Gasteiger partial charge in [-0.2, -0.15) is 0 Å². The lowest BCUT2D eigenvalue weighted by Gasteiger charge is -2.42. The molecule has 0 aliphatic carbocycles. The number of hydrogen-bond acceptors (Lipinski definition) is 3. The number of furan rings is 2. The van der Waals surface area contributed by atoms with Gasteiger partial charge in [0.15, 0.2) is 0 Å². The van der Waals surface area contributed by atoms with Crippen LogP contribution in [-0.4, -0.2) is 11.4 Å². The second-order valence-corrected chi connectivity index (χ2v) is 20.6. The van der Waals surface area contributed by atoms with Crippen LogP contribution >= 0.6 is 0 Å². The molecule has 61 heavy (non-hydrogen) atoms. The summed E-state index contributed by atoms with van der Waals surface area (Å²) in [6, 6.07) is 49.7. The minimum absolute atomic E-state index is 0.0270. The molecule has 12 rings (SSSR count). The predicted octanol–water partition coefficient (Wildman–Crippen LogP) is 14.2. The molecular weight excluding hydrogens is 743 g/mol. The minimum atomic E-state index is -0.169. The SMILES string of the molecule is CC(C)(C)c1ccc(N2B3c4cc5cc(-c6ccccc6)oc5cc4-n4c5ccc(C(C)(C)C)cc5c5c6c(oc7ccccc76)c(c3c54)-c3cc(C(C)(C)C)ccc32)cc1. The summed E-state index contributed by atoms with van der Waals surface area (Å²) in [5.74, 6) is 0.871. The van der Waals surface area contributed by atoms with Crippen LogP contribution in [0.5, 0.6) is 0 Å². The Balaban J connectivity index is 1.30. The van der Waals surface area contributed by atoms with Crippen molar-refractivity contribution in [2.45, 2.75) is 78.6 Å². The third-order valence-electron chi connectivity index (χ3n) is 13.6. The van der Waals surface area contributed by atoms with Gasteiger partial charge in [-0.25, -0.2) is 0 Å². The predicted molar refractivity (Wildman–Crippen MR) is 258 cm³/mol. The number of aromatic nitrogens is 1. The molecule has 7 aromatic carbocycles. The van der Waals surface area contributed by atoms with E-state index in [1.807, 2.05) is 0 Å². The Morgan fingerprint density at radius 3 is 1.93 bits per heavy atom. The quantitative estimate of drug-likeness (QED) is 0.164. The molecule has 10 aromatic rings. The molecule has 0 spiro atoms. The Kier molecular flexibility index (Phi) is 7.22. The Bertz CT molecular complexity index is 3470. The zero-order valence-corrected chi connectivity index (χ0v) is 36.5. The first-order valence-electron chi connectivity index (χ1n) is 21.8. The molecule has 4 nitrogen and oxygen atoms in total. The van der Waals surface area contributed by atoms with Gasteiger partial charge in [-0.15, -0.1) is 0 Å². The van der Waals surface area contributed by atoms with Gasteiger partial charge in [0.05, 0.1) is 11.0 Å². The zero-order chi connectivity index (χ0) is 41.9. The Labute approximate surface area is 357 Å². The van der Waals surface area contributed by atoms with Gasteiger partial charge in [-0.3, -0.25) is 0 Å². The largest absolute Gasteiger partial charge is 0.456 e. The van der Waals surface area contributed by atoms with E-state index in [-0.39, 0.29) is 23.1 Å². The molecule has 2 aliphatic heterocycles. The van der Waals surface area contributed by atoms with Gasteiger partial charge in [0.1, 0.15) is 22.5 Å². The van der Waals surface area contributed by atoms with Crippen molar-refractivity contribution >= 4 is 83.9 Å². The lowest BCUT2D eigenvalue weighted by molar-refractivity contribution is 0.590. The smallest absolute Gasteiger partial charge is 0.333 e. The van der Waals surface area contributed by atoms with Crippen LogP contribution in [0.3, 0.4) is 0 Å². The molecule has 0 unspecified atom stereocenters. The topological polar surface area (TPSA) is 34.5 Å². The number of nitrogens with zero attached hydrogens (tertiary/aromatic N) is 2. The van der Waals surface area contributed by atoms with E-state index in [4.69, 9.17) is 8.83 Å². The number of hydrogen-bond donors (Lipinski definition) is 0. The molecule has 0 atom stereocenters. The highest BCUT2D eigenvalue weighted by Gasteiger charge is 2.46. The number of rotatable bonds is 2. The zero-order valence-electron chi connectivity index (χ0n) is 36.5.